The molecule has 2 aromatic heterocycles. The highest BCUT2D eigenvalue weighted by atomic mass is 16.6. The van der Waals surface area contributed by atoms with Crippen LogP contribution in [0.15, 0.2) is 79.1 Å². The third-order valence-electron chi connectivity index (χ3n) is 10.8. The van der Waals surface area contributed by atoms with Crippen molar-refractivity contribution in [2.75, 3.05) is 23.7 Å². The molecule has 59 heavy (non-hydrogen) atoms. The second-order valence-corrected chi connectivity index (χ2v) is 15.2. The average Bonchev–Trinajstić information content (AvgIpc) is 3.79. The van der Waals surface area contributed by atoms with Gasteiger partial charge in [0.15, 0.2) is 0 Å². The van der Waals surface area contributed by atoms with E-state index in [0.717, 1.165) is 118 Å². The first-order valence-corrected chi connectivity index (χ1v) is 21.1. The van der Waals surface area contributed by atoms with Gasteiger partial charge in [0.25, 0.3) is 0 Å². The van der Waals surface area contributed by atoms with E-state index >= 15 is 0 Å². The van der Waals surface area contributed by atoms with Crippen LogP contribution >= 0.6 is 0 Å². The number of benzene rings is 3. The second-order valence-electron chi connectivity index (χ2n) is 15.2. The van der Waals surface area contributed by atoms with Crippen LogP contribution in [0.4, 0.5) is 21.0 Å². The van der Waals surface area contributed by atoms with Crippen molar-refractivity contribution in [1.29, 1.82) is 0 Å². The molecule has 14 heteroatoms. The van der Waals surface area contributed by atoms with E-state index < -0.39 is 0 Å². The van der Waals surface area contributed by atoms with Crippen molar-refractivity contribution in [3.8, 4) is 0 Å². The summed E-state index contributed by atoms with van der Waals surface area (Å²) in [5, 5.41) is 22.4. The number of aromatic nitrogens is 2. The van der Waals surface area contributed by atoms with E-state index in [4.69, 9.17) is 10.0 Å². The number of hydrogen-bond acceptors (Lipinski definition) is 6. The van der Waals surface area contributed by atoms with Crippen LogP contribution in [0.25, 0.3) is 21.8 Å². The van der Waals surface area contributed by atoms with Gasteiger partial charge < -0.3 is 30.4 Å². The molecule has 5 aromatic rings. The zero-order valence-electron chi connectivity index (χ0n) is 33.8. The molecule has 0 saturated heterocycles. The number of hydrogen-bond donors (Lipinski definition) is 7. The molecule has 0 unspecified atom stereocenters. The first-order chi connectivity index (χ1) is 28.9. The third-order valence-corrected chi connectivity index (χ3v) is 10.8. The maximum atomic E-state index is 12.3. The van der Waals surface area contributed by atoms with E-state index in [-0.39, 0.29) is 23.9 Å². The van der Waals surface area contributed by atoms with Crippen LogP contribution in [0.2, 0.25) is 0 Å². The number of amides is 6. The number of carbonyl (C=O) groups excluding carboxylic acids is 4. The van der Waals surface area contributed by atoms with Gasteiger partial charge in [-0.1, -0.05) is 92.4 Å². The fourth-order valence-corrected chi connectivity index (χ4v) is 7.86. The molecule has 3 aromatic carbocycles. The highest BCUT2D eigenvalue weighted by molar-refractivity contribution is 6.03. The minimum atomic E-state index is -0.353. The summed E-state index contributed by atoms with van der Waals surface area (Å²) in [6.45, 7) is 3.56. The number of anilines is 2. The van der Waals surface area contributed by atoms with Crippen molar-refractivity contribution < 1.29 is 29.2 Å². The number of aryl methyl sites for hydroxylation is 4. The highest BCUT2D eigenvalue weighted by Gasteiger charge is 2.18. The third kappa shape index (κ3) is 12.6. The van der Waals surface area contributed by atoms with Gasteiger partial charge in [0.2, 0.25) is 11.8 Å². The Morgan fingerprint density at radius 3 is 1.63 bits per heavy atom. The van der Waals surface area contributed by atoms with E-state index in [9.17, 15) is 19.2 Å². The Balaban J connectivity index is 0.000000204. The van der Waals surface area contributed by atoms with Gasteiger partial charge in [-0.05, 0) is 68.1 Å². The molecule has 7 rings (SSSR count). The number of rotatable bonds is 19. The summed E-state index contributed by atoms with van der Waals surface area (Å²) in [6.07, 6.45) is 16.3. The van der Waals surface area contributed by atoms with Gasteiger partial charge in [-0.25, -0.2) is 20.5 Å². The summed E-state index contributed by atoms with van der Waals surface area (Å²) in [6, 6.07) is 21.9. The minimum absolute atomic E-state index is 0.102. The van der Waals surface area contributed by atoms with Gasteiger partial charge in [0, 0.05) is 62.2 Å². The van der Waals surface area contributed by atoms with E-state index in [0.29, 0.717) is 32.5 Å². The lowest BCUT2D eigenvalue weighted by Gasteiger charge is -2.14. The molecule has 6 amide bonds. The second kappa shape index (κ2) is 22.3. The molecule has 14 nitrogen and oxygen atoms in total. The van der Waals surface area contributed by atoms with Crippen LogP contribution in [-0.4, -0.2) is 51.3 Å². The lowest BCUT2D eigenvalue weighted by atomic mass is 10.0. The van der Waals surface area contributed by atoms with Gasteiger partial charge >= 0.3 is 12.1 Å². The van der Waals surface area contributed by atoms with Gasteiger partial charge in [-0.3, -0.25) is 19.6 Å². The summed E-state index contributed by atoms with van der Waals surface area (Å²) >= 11 is 0. The van der Waals surface area contributed by atoms with Gasteiger partial charge in [0.1, 0.15) is 0 Å². The number of unbranched alkanes of at least 4 members (excludes halogenated alkanes) is 6. The number of para-hydroxylation sites is 2. The van der Waals surface area contributed by atoms with Gasteiger partial charge in [-0.2, -0.15) is 0 Å². The Labute approximate surface area is 345 Å². The molecule has 0 bridgehead atoms. The number of nitrogens with one attached hydrogen (secondary N) is 6. The molecule has 2 aliphatic heterocycles. The summed E-state index contributed by atoms with van der Waals surface area (Å²) < 4.78 is 4.47. The fraction of sp³-hybridized carbons (Fsp3) is 0.422. The van der Waals surface area contributed by atoms with E-state index in [1.165, 1.54) is 22.2 Å². The van der Waals surface area contributed by atoms with Crippen LogP contribution in [0, 0.1) is 0 Å². The normalized spacial score (nSPS) is 12.6. The highest BCUT2D eigenvalue weighted by Crippen LogP contribution is 2.33. The molecule has 4 heterocycles. The van der Waals surface area contributed by atoms with Crippen LogP contribution in [0.5, 0.6) is 0 Å². The molecule has 0 aliphatic carbocycles. The smallest absolute Gasteiger partial charge is 0.319 e. The number of nitrogens with zero attached hydrogens (tertiary/aromatic N) is 2. The van der Waals surface area contributed by atoms with Crippen molar-refractivity contribution in [2.24, 2.45) is 0 Å². The van der Waals surface area contributed by atoms with Gasteiger partial charge in [0.05, 0.1) is 29.0 Å². The van der Waals surface area contributed by atoms with Crippen molar-refractivity contribution in [2.45, 2.75) is 110 Å². The lowest BCUT2D eigenvalue weighted by molar-refractivity contribution is -0.134. The van der Waals surface area contributed by atoms with Gasteiger partial charge in [-0.15, -0.1) is 0 Å². The SMILES string of the molecule is O=C(CCCCCCNC(=O)Nc1cn2c3c(cccc13)CCC2)NO.O=C(CCCCCCNC(=O)Nc1cn2c3c(cccc13)CCC2)NOCc1ccccc1. The van der Waals surface area contributed by atoms with Crippen molar-refractivity contribution in [1.82, 2.24) is 30.7 Å². The quantitative estimate of drug-likeness (QED) is 0.0252. The van der Waals surface area contributed by atoms with E-state index in [1.807, 2.05) is 48.8 Å². The van der Waals surface area contributed by atoms with Crippen LogP contribution in [-0.2, 0) is 47.0 Å². The van der Waals surface area contributed by atoms with Crippen molar-refractivity contribution in [3.05, 3.63) is 95.8 Å². The number of hydroxylamine groups is 2. The summed E-state index contributed by atoms with van der Waals surface area (Å²) in [5.74, 6) is -0.455. The average molecular weight is 807 g/mol. The molecule has 0 spiro atoms. The van der Waals surface area contributed by atoms with Crippen LogP contribution in [0.3, 0.4) is 0 Å². The molecule has 2 aliphatic rings. The van der Waals surface area contributed by atoms with Crippen LogP contribution < -0.4 is 32.2 Å². The summed E-state index contributed by atoms with van der Waals surface area (Å²) in [4.78, 5) is 52.4. The standard InChI is InChI=1S/C26H32N4O3.C19H26N4O3/c31-24(29-33-19-20-10-4-3-5-11-20)15-6-1-2-7-16-27-26(32)28-23-18-30-17-9-13-21-12-8-14-22(23)25(21)30;24-17(22-26)10-3-1-2-4-11-20-19(25)21-16-13-23-12-6-8-14-7-5-9-15(16)18(14)23/h3-5,8,10-12,14,18H,1-2,6-7,9,13,15-17,19H2,(H,29,31)(H2,27,28,32);5,7,9,13,26H,1-4,6,8,10-12H2,(H,22,24)(H2,20,21,25). The topological polar surface area (TPSA) is 180 Å². The molecule has 0 radical (unpaired) electrons. The minimum Gasteiger partial charge on any atom is -0.345 e. The Bertz CT molecular complexity index is 2160. The lowest BCUT2D eigenvalue weighted by Crippen LogP contribution is -2.29. The molecule has 7 N–H and O–H groups in total. The molecular formula is C45H58N8O6. The number of carbonyl (C=O) groups is 4. The monoisotopic (exact) mass is 806 g/mol. The van der Waals surface area contributed by atoms with Crippen LogP contribution in [0.1, 0.15) is 93.7 Å². The van der Waals surface area contributed by atoms with Crippen molar-refractivity contribution in [3.63, 3.8) is 0 Å². The number of urea groups is 2. The molecular weight excluding hydrogens is 749 g/mol. The summed E-state index contributed by atoms with van der Waals surface area (Å²) in [7, 11) is 0. The van der Waals surface area contributed by atoms with E-state index in [1.54, 1.807) is 5.48 Å². The fourth-order valence-electron chi connectivity index (χ4n) is 7.86. The zero-order chi connectivity index (χ0) is 41.2. The predicted molar refractivity (Wildman–Crippen MR) is 230 cm³/mol. The largest absolute Gasteiger partial charge is 0.345 e. The molecule has 0 atom stereocenters. The Hall–Kier alpha value is -5.86. The Morgan fingerprint density at radius 1 is 0.593 bits per heavy atom. The summed E-state index contributed by atoms with van der Waals surface area (Å²) in [5.41, 5.74) is 12.0. The predicted octanol–water partition coefficient (Wildman–Crippen LogP) is 8.07. The molecule has 314 valence electrons. The maximum Gasteiger partial charge on any atom is 0.319 e. The molecule has 0 saturated carbocycles. The molecule has 0 fully saturated rings. The first kappa shape index (κ1) is 42.7. The zero-order valence-corrected chi connectivity index (χ0v) is 33.8. The Morgan fingerprint density at radius 2 is 1.10 bits per heavy atom. The van der Waals surface area contributed by atoms with E-state index in [2.05, 4.69) is 66.2 Å². The first-order valence-electron chi connectivity index (χ1n) is 21.1. The van der Waals surface area contributed by atoms with Crippen molar-refractivity contribution >= 4 is 57.1 Å². The maximum absolute atomic E-state index is 12.3. The Kier molecular flexibility index (Phi) is 16.2.